The van der Waals surface area contributed by atoms with Crippen molar-refractivity contribution in [2.45, 2.75) is 13.3 Å². The monoisotopic (exact) mass is 424 g/mol. The molecule has 8 nitrogen and oxygen atoms in total. The van der Waals surface area contributed by atoms with Crippen LogP contribution in [0.4, 0.5) is 0 Å². The standard InChI is InChI=1S/C20H21O4.ClHO4/c1-5-17-16-12-20(23-4)19(22-3)11-14(16)10-18(24-17)13-6-8-15(21-2)9-7-13;2-1(3,4)5/h6-12H,5H2,1-4H3;(H,2,3,4,5)/q+1;/p-1. The first-order valence-corrected chi connectivity index (χ1v) is 9.71. The molecule has 0 atom stereocenters. The first-order valence-electron chi connectivity index (χ1n) is 8.48. The lowest BCUT2D eigenvalue weighted by atomic mass is 10.0. The number of methoxy groups -OCH3 is 3. The summed E-state index contributed by atoms with van der Waals surface area (Å²) in [5.74, 6) is 3.96. The van der Waals surface area contributed by atoms with Gasteiger partial charge in [-0.25, -0.2) is 23.1 Å². The van der Waals surface area contributed by atoms with Crippen LogP contribution in [-0.2, 0) is 6.42 Å². The van der Waals surface area contributed by atoms with Crippen molar-refractivity contribution in [2.24, 2.45) is 0 Å². The van der Waals surface area contributed by atoms with Crippen LogP contribution in [-0.4, -0.2) is 21.3 Å². The van der Waals surface area contributed by atoms with Crippen LogP contribution in [0.25, 0.3) is 22.1 Å². The Bertz CT molecular complexity index is 945. The van der Waals surface area contributed by atoms with Gasteiger partial charge < -0.3 is 14.2 Å². The molecule has 1 aromatic heterocycles. The topological polar surface area (TPSA) is 131 Å². The van der Waals surface area contributed by atoms with E-state index in [-0.39, 0.29) is 0 Å². The lowest BCUT2D eigenvalue weighted by Gasteiger charge is -2.17. The highest BCUT2D eigenvalue weighted by Gasteiger charge is 2.21. The van der Waals surface area contributed by atoms with Crippen molar-refractivity contribution >= 4 is 10.8 Å². The fourth-order valence-electron chi connectivity index (χ4n) is 2.77. The number of halogens is 1. The largest absolute Gasteiger partial charge is 0.497 e. The van der Waals surface area contributed by atoms with Crippen molar-refractivity contribution in [3.8, 4) is 28.6 Å². The number of aryl methyl sites for hydroxylation is 1. The van der Waals surface area contributed by atoms with E-state index in [0.717, 1.165) is 40.0 Å². The minimum absolute atomic E-state index is 0.701. The number of fused-ring (bicyclic) bond motifs is 1. The minimum atomic E-state index is -4.94. The number of hydrogen-bond donors (Lipinski definition) is 0. The van der Waals surface area contributed by atoms with E-state index in [1.165, 1.54) is 0 Å². The fraction of sp³-hybridized carbons (Fsp3) is 0.250. The van der Waals surface area contributed by atoms with Gasteiger partial charge in [-0.15, -0.1) is 10.2 Å². The van der Waals surface area contributed by atoms with Crippen LogP contribution >= 0.6 is 0 Å². The second-order valence-electron chi connectivity index (χ2n) is 5.79. The Morgan fingerprint density at radius 2 is 1.38 bits per heavy atom. The molecule has 0 radical (unpaired) electrons. The Hall–Kier alpha value is -2.62. The zero-order valence-corrected chi connectivity index (χ0v) is 17.1. The van der Waals surface area contributed by atoms with Gasteiger partial charge in [0.15, 0.2) is 11.5 Å². The summed E-state index contributed by atoms with van der Waals surface area (Å²) in [4.78, 5) is 0. The smallest absolute Gasteiger partial charge is 0.360 e. The Balaban J connectivity index is 0.000000537. The number of ether oxygens (including phenoxy) is 3. The van der Waals surface area contributed by atoms with Gasteiger partial charge in [0.25, 0.3) is 0 Å². The van der Waals surface area contributed by atoms with E-state index in [1.807, 2.05) is 42.5 Å². The lowest BCUT2D eigenvalue weighted by Crippen LogP contribution is -2.68. The molecule has 0 saturated heterocycles. The van der Waals surface area contributed by atoms with Gasteiger partial charge >= 0.3 is 11.5 Å². The summed E-state index contributed by atoms with van der Waals surface area (Å²) >= 11 is 0. The summed E-state index contributed by atoms with van der Waals surface area (Å²) in [6, 6.07) is 13.8. The van der Waals surface area contributed by atoms with E-state index in [0.29, 0.717) is 11.5 Å². The maximum absolute atomic E-state index is 8.49. The summed E-state index contributed by atoms with van der Waals surface area (Å²) in [5, 5.41) is 2.09. The molecule has 0 saturated carbocycles. The summed E-state index contributed by atoms with van der Waals surface area (Å²) in [7, 11) is -0.00938. The molecule has 9 heteroatoms. The van der Waals surface area contributed by atoms with Crippen LogP contribution in [0.1, 0.15) is 12.7 Å². The van der Waals surface area contributed by atoms with Crippen molar-refractivity contribution in [3.05, 3.63) is 48.2 Å². The van der Waals surface area contributed by atoms with Gasteiger partial charge in [-0.05, 0) is 30.3 Å². The minimum Gasteiger partial charge on any atom is -0.497 e. The van der Waals surface area contributed by atoms with Crippen molar-refractivity contribution < 1.29 is 47.5 Å². The second-order valence-corrected chi connectivity index (χ2v) is 6.54. The average Bonchev–Trinajstić information content (AvgIpc) is 2.70. The van der Waals surface area contributed by atoms with Crippen molar-refractivity contribution in [3.63, 3.8) is 0 Å². The van der Waals surface area contributed by atoms with Crippen LogP contribution in [0, 0.1) is 10.2 Å². The number of benzene rings is 2. The number of hydrogen-bond acceptors (Lipinski definition) is 7. The molecule has 0 aliphatic heterocycles. The van der Waals surface area contributed by atoms with Crippen LogP contribution in [0.2, 0.25) is 0 Å². The third-order valence-corrected chi connectivity index (χ3v) is 4.07. The summed E-state index contributed by atoms with van der Waals surface area (Å²) < 4.78 is 56.1. The first-order chi connectivity index (χ1) is 13.7. The zero-order chi connectivity index (χ0) is 21.6. The van der Waals surface area contributed by atoms with E-state index in [1.54, 1.807) is 21.3 Å². The van der Waals surface area contributed by atoms with Crippen LogP contribution < -0.4 is 32.8 Å². The number of rotatable bonds is 5. The molecule has 0 aliphatic carbocycles. The molecule has 0 spiro atoms. The van der Waals surface area contributed by atoms with Crippen molar-refractivity contribution in [2.75, 3.05) is 21.3 Å². The highest BCUT2D eigenvalue weighted by Crippen LogP contribution is 2.36. The second kappa shape index (κ2) is 9.73. The Labute approximate surface area is 170 Å². The summed E-state index contributed by atoms with van der Waals surface area (Å²) in [6.45, 7) is 2.08. The van der Waals surface area contributed by atoms with Gasteiger partial charge in [0.05, 0.1) is 44.8 Å². The average molecular weight is 425 g/mol. The molecule has 0 amide bonds. The molecule has 156 valence electrons. The molecule has 0 unspecified atom stereocenters. The van der Waals surface area contributed by atoms with Gasteiger partial charge in [0.2, 0.25) is 0 Å². The van der Waals surface area contributed by atoms with Gasteiger partial charge in [-0.3, -0.25) is 0 Å². The molecule has 0 fully saturated rings. The molecule has 29 heavy (non-hydrogen) atoms. The molecule has 0 bridgehead atoms. The van der Waals surface area contributed by atoms with Gasteiger partial charge in [0.1, 0.15) is 5.75 Å². The quantitative estimate of drug-likeness (QED) is 0.531. The highest BCUT2D eigenvalue weighted by molar-refractivity contribution is 5.89. The molecule has 3 aromatic rings. The van der Waals surface area contributed by atoms with Crippen LogP contribution in [0.15, 0.2) is 46.9 Å². The van der Waals surface area contributed by atoms with Crippen molar-refractivity contribution in [1.82, 2.24) is 0 Å². The molecule has 3 rings (SSSR count). The predicted molar refractivity (Wildman–Crippen MR) is 95.1 cm³/mol. The van der Waals surface area contributed by atoms with E-state index in [9.17, 15) is 0 Å². The maximum atomic E-state index is 8.49. The summed E-state index contributed by atoms with van der Waals surface area (Å²) in [5.41, 5.74) is 1.00. The van der Waals surface area contributed by atoms with E-state index in [4.69, 9.17) is 37.3 Å². The first kappa shape index (κ1) is 22.7. The fourth-order valence-corrected chi connectivity index (χ4v) is 2.77. The van der Waals surface area contributed by atoms with Gasteiger partial charge in [-0.1, -0.05) is 6.92 Å². The normalized spacial score (nSPS) is 10.9. The Morgan fingerprint density at radius 3 is 1.86 bits per heavy atom. The predicted octanol–water partition coefficient (Wildman–Crippen LogP) is 0.213. The maximum Gasteiger partial charge on any atom is 0.360 e. The van der Waals surface area contributed by atoms with Crippen LogP contribution in [0.5, 0.6) is 17.2 Å². The zero-order valence-electron chi connectivity index (χ0n) is 16.4. The van der Waals surface area contributed by atoms with Crippen molar-refractivity contribution in [1.29, 1.82) is 0 Å². The summed E-state index contributed by atoms with van der Waals surface area (Å²) in [6.07, 6.45) is 0.788. The molecular formula is C20H21ClO8. The third kappa shape index (κ3) is 6.18. The van der Waals surface area contributed by atoms with Crippen LogP contribution in [0.3, 0.4) is 0 Å². The molecular weight excluding hydrogens is 404 g/mol. The van der Waals surface area contributed by atoms with Gasteiger partial charge in [-0.2, -0.15) is 0 Å². The Morgan fingerprint density at radius 1 is 0.828 bits per heavy atom. The van der Waals surface area contributed by atoms with E-state index >= 15 is 0 Å². The lowest BCUT2D eigenvalue weighted by molar-refractivity contribution is -2.00. The van der Waals surface area contributed by atoms with E-state index < -0.39 is 10.2 Å². The molecule has 0 N–H and O–H groups in total. The Kier molecular flexibility index (Phi) is 7.60. The molecule has 2 aromatic carbocycles. The SMILES string of the molecule is CCc1[o+]c(-c2ccc(OC)cc2)cc2cc(OC)c(OC)cc12.[O-][Cl+3]([O-])([O-])[O-]. The molecule has 1 heterocycles. The van der Waals surface area contributed by atoms with Gasteiger partial charge in [0, 0.05) is 11.5 Å². The molecule has 0 aliphatic rings. The van der Waals surface area contributed by atoms with E-state index in [2.05, 4.69) is 6.92 Å². The highest BCUT2D eigenvalue weighted by atomic mass is 35.7. The third-order valence-electron chi connectivity index (χ3n) is 4.07.